The van der Waals surface area contributed by atoms with E-state index >= 15 is 0 Å². The smallest absolute Gasteiger partial charge is 0.160 e. The van der Waals surface area contributed by atoms with Gasteiger partial charge in [0.25, 0.3) is 0 Å². The second kappa shape index (κ2) is 14.8. The summed E-state index contributed by atoms with van der Waals surface area (Å²) in [5.74, 6) is 0.712. The maximum absolute atomic E-state index is 5.08. The third-order valence-electron chi connectivity index (χ3n) is 9.86. The van der Waals surface area contributed by atoms with E-state index in [-0.39, 0.29) is 0 Å². The summed E-state index contributed by atoms with van der Waals surface area (Å²) in [5, 5.41) is 0. The molecule has 0 aliphatic carbocycles. The monoisotopic (exact) mass is 688 g/mol. The van der Waals surface area contributed by atoms with Crippen molar-refractivity contribution in [2.75, 3.05) is 0 Å². The Morgan fingerprint density at radius 3 is 0.907 bits per heavy atom. The van der Waals surface area contributed by atoms with Crippen LogP contribution in [-0.4, -0.2) is 9.97 Å². The van der Waals surface area contributed by atoms with Gasteiger partial charge in [-0.3, -0.25) is 0 Å². The molecule has 0 atom stereocenters. The average molecular weight is 689 g/mol. The number of rotatable bonds is 8. The second-order valence-electron chi connectivity index (χ2n) is 13.5. The number of hydrogen-bond acceptors (Lipinski definition) is 2. The molecule has 2 heteroatoms. The molecule has 254 valence electrons. The number of benzene rings is 8. The van der Waals surface area contributed by atoms with Crippen LogP contribution in [0.3, 0.4) is 0 Å². The van der Waals surface area contributed by atoms with Crippen LogP contribution in [0.25, 0.3) is 89.5 Å². The Morgan fingerprint density at radius 2 is 0.463 bits per heavy atom. The standard InChI is InChI=1S/C52H36N2/c1-5-16-37(17-6-1)47-33-48(38-18-7-2-8-19-38)35-49(34-47)45-28-14-26-43(31-45)41-24-13-25-42(30-41)44-27-15-29-46(32-44)51-36-50(39-20-9-3-10-21-39)53-52(54-51)40-22-11-4-12-23-40/h1-36H. The molecule has 0 unspecified atom stereocenters. The van der Waals surface area contributed by atoms with Crippen LogP contribution in [0.2, 0.25) is 0 Å². The van der Waals surface area contributed by atoms with E-state index < -0.39 is 0 Å². The van der Waals surface area contributed by atoms with E-state index in [0.29, 0.717) is 5.82 Å². The molecule has 0 amide bonds. The first-order valence-electron chi connectivity index (χ1n) is 18.3. The molecule has 54 heavy (non-hydrogen) atoms. The summed E-state index contributed by atoms with van der Waals surface area (Å²) in [6, 6.07) is 77.2. The van der Waals surface area contributed by atoms with E-state index in [1.54, 1.807) is 0 Å². The van der Waals surface area contributed by atoms with Crippen LogP contribution >= 0.6 is 0 Å². The Kier molecular flexibility index (Phi) is 8.99. The van der Waals surface area contributed by atoms with E-state index in [1.165, 1.54) is 44.5 Å². The van der Waals surface area contributed by atoms with Crippen LogP contribution < -0.4 is 0 Å². The third-order valence-corrected chi connectivity index (χ3v) is 9.86. The lowest BCUT2D eigenvalue weighted by Crippen LogP contribution is -1.96. The van der Waals surface area contributed by atoms with Crippen LogP contribution in [0.5, 0.6) is 0 Å². The highest BCUT2D eigenvalue weighted by molar-refractivity contribution is 5.84. The molecule has 1 heterocycles. The summed E-state index contributed by atoms with van der Waals surface area (Å²) >= 11 is 0. The van der Waals surface area contributed by atoms with Crippen molar-refractivity contribution >= 4 is 0 Å². The van der Waals surface area contributed by atoms with Crippen LogP contribution in [0, 0.1) is 0 Å². The predicted molar refractivity (Wildman–Crippen MR) is 226 cm³/mol. The van der Waals surface area contributed by atoms with Gasteiger partial charge in [-0.1, -0.05) is 176 Å². The highest BCUT2D eigenvalue weighted by Crippen LogP contribution is 2.36. The zero-order valence-corrected chi connectivity index (χ0v) is 29.7. The normalized spacial score (nSPS) is 11.0. The average Bonchev–Trinajstić information content (AvgIpc) is 3.27. The highest BCUT2D eigenvalue weighted by atomic mass is 14.9. The van der Waals surface area contributed by atoms with Gasteiger partial charge in [-0.05, 0) is 98.1 Å². The van der Waals surface area contributed by atoms with Gasteiger partial charge in [-0.2, -0.15) is 0 Å². The van der Waals surface area contributed by atoms with Gasteiger partial charge in [0.15, 0.2) is 5.82 Å². The van der Waals surface area contributed by atoms with Crippen molar-refractivity contribution in [3.8, 4) is 89.5 Å². The lowest BCUT2D eigenvalue weighted by molar-refractivity contribution is 1.18. The van der Waals surface area contributed by atoms with Gasteiger partial charge in [-0.25, -0.2) is 9.97 Å². The Hall–Kier alpha value is -7.16. The molecule has 0 N–H and O–H groups in total. The zero-order valence-electron chi connectivity index (χ0n) is 29.7. The summed E-state index contributed by atoms with van der Waals surface area (Å²) in [6.45, 7) is 0. The molecular formula is C52H36N2. The van der Waals surface area contributed by atoms with E-state index in [1.807, 2.05) is 36.4 Å². The molecule has 9 rings (SSSR count). The van der Waals surface area contributed by atoms with Crippen molar-refractivity contribution < 1.29 is 0 Å². The van der Waals surface area contributed by atoms with Crippen molar-refractivity contribution in [2.24, 2.45) is 0 Å². The minimum atomic E-state index is 0.712. The van der Waals surface area contributed by atoms with Gasteiger partial charge < -0.3 is 0 Å². The first kappa shape index (κ1) is 32.7. The van der Waals surface area contributed by atoms with Gasteiger partial charge in [0.1, 0.15) is 0 Å². The van der Waals surface area contributed by atoms with E-state index in [9.17, 15) is 0 Å². The van der Waals surface area contributed by atoms with E-state index in [2.05, 4.69) is 182 Å². The fourth-order valence-corrected chi connectivity index (χ4v) is 7.07. The van der Waals surface area contributed by atoms with Crippen molar-refractivity contribution in [1.29, 1.82) is 0 Å². The maximum Gasteiger partial charge on any atom is 0.160 e. The molecule has 0 aliphatic rings. The van der Waals surface area contributed by atoms with Gasteiger partial charge >= 0.3 is 0 Å². The molecule has 0 fully saturated rings. The van der Waals surface area contributed by atoms with Crippen LogP contribution in [0.1, 0.15) is 0 Å². The third kappa shape index (κ3) is 7.01. The Balaban J connectivity index is 1.08. The summed E-state index contributed by atoms with van der Waals surface area (Å²) in [6.07, 6.45) is 0. The summed E-state index contributed by atoms with van der Waals surface area (Å²) < 4.78 is 0. The first-order valence-corrected chi connectivity index (χ1v) is 18.3. The Morgan fingerprint density at radius 1 is 0.185 bits per heavy atom. The molecule has 0 spiro atoms. The zero-order chi connectivity index (χ0) is 36.1. The van der Waals surface area contributed by atoms with Crippen molar-refractivity contribution in [2.45, 2.75) is 0 Å². The van der Waals surface area contributed by atoms with Gasteiger partial charge in [-0.15, -0.1) is 0 Å². The Labute approximate surface area is 316 Å². The van der Waals surface area contributed by atoms with Crippen molar-refractivity contribution in [1.82, 2.24) is 9.97 Å². The molecule has 0 bridgehead atoms. The summed E-state index contributed by atoms with van der Waals surface area (Å²) in [7, 11) is 0. The lowest BCUT2D eigenvalue weighted by Gasteiger charge is -2.13. The van der Waals surface area contributed by atoms with Gasteiger partial charge in [0.2, 0.25) is 0 Å². The number of nitrogens with zero attached hydrogens (tertiary/aromatic N) is 2. The maximum atomic E-state index is 5.08. The van der Waals surface area contributed by atoms with Crippen LogP contribution in [-0.2, 0) is 0 Å². The summed E-state index contributed by atoms with van der Waals surface area (Å²) in [5.41, 5.74) is 16.7. The van der Waals surface area contributed by atoms with Gasteiger partial charge in [0.05, 0.1) is 11.4 Å². The fraction of sp³-hybridized carbons (Fsp3) is 0. The van der Waals surface area contributed by atoms with Crippen LogP contribution in [0.4, 0.5) is 0 Å². The second-order valence-corrected chi connectivity index (χ2v) is 13.5. The molecule has 8 aromatic carbocycles. The quantitative estimate of drug-likeness (QED) is 0.159. The van der Waals surface area contributed by atoms with Crippen molar-refractivity contribution in [3.05, 3.63) is 218 Å². The molecule has 0 saturated carbocycles. The van der Waals surface area contributed by atoms with E-state index in [0.717, 1.165) is 39.2 Å². The molecule has 0 aliphatic heterocycles. The topological polar surface area (TPSA) is 25.8 Å². The lowest BCUT2D eigenvalue weighted by atomic mass is 9.91. The molecular weight excluding hydrogens is 653 g/mol. The minimum Gasteiger partial charge on any atom is -0.228 e. The van der Waals surface area contributed by atoms with Gasteiger partial charge in [0, 0.05) is 16.7 Å². The SMILES string of the molecule is c1ccc(-c2cc(-c3ccccc3)cc(-c3cccc(-c4cccc(-c5cccc(-c6cc(-c7ccccc7)nc(-c7ccccc7)n6)c5)c4)c3)c2)cc1. The highest BCUT2D eigenvalue weighted by Gasteiger charge is 2.13. The predicted octanol–water partition coefficient (Wildman–Crippen LogP) is 13.8. The number of hydrogen-bond donors (Lipinski definition) is 0. The largest absolute Gasteiger partial charge is 0.228 e. The minimum absolute atomic E-state index is 0.712. The Bertz CT molecular complexity index is 2390. The molecule has 0 saturated heterocycles. The molecule has 2 nitrogen and oxygen atoms in total. The summed E-state index contributed by atoms with van der Waals surface area (Å²) in [4.78, 5) is 10.1. The molecule has 0 radical (unpaired) electrons. The number of aromatic nitrogens is 2. The first-order chi connectivity index (χ1) is 26.7. The molecule has 1 aromatic heterocycles. The van der Waals surface area contributed by atoms with Crippen LogP contribution in [0.15, 0.2) is 218 Å². The molecule has 9 aromatic rings. The van der Waals surface area contributed by atoms with Crippen molar-refractivity contribution in [3.63, 3.8) is 0 Å². The van der Waals surface area contributed by atoms with E-state index in [4.69, 9.17) is 9.97 Å². The fourth-order valence-electron chi connectivity index (χ4n) is 7.07.